The fraction of sp³-hybridized carbons (Fsp3) is 0.500. The molecule has 0 aromatic heterocycles. The Balaban J connectivity index is 1.75. The van der Waals surface area contributed by atoms with Crippen LogP contribution < -0.4 is 4.74 Å². The van der Waals surface area contributed by atoms with Crippen molar-refractivity contribution in [1.29, 1.82) is 5.26 Å². The zero-order chi connectivity index (χ0) is 15.9. The molecule has 1 aromatic carbocycles. The SMILES string of the molecule is C[C@@H](CC#N)N1CCN(C(=O)COc2ccc(Cl)cc2)CC1. The van der Waals surface area contributed by atoms with Gasteiger partial charge in [0.1, 0.15) is 5.75 Å². The Bertz CT molecular complexity index is 533. The number of amides is 1. The summed E-state index contributed by atoms with van der Waals surface area (Å²) < 4.78 is 5.48. The second-order valence-corrected chi connectivity index (χ2v) is 5.81. The largest absolute Gasteiger partial charge is 0.484 e. The molecule has 1 aromatic rings. The molecule has 0 saturated carbocycles. The van der Waals surface area contributed by atoms with E-state index in [0.29, 0.717) is 30.3 Å². The van der Waals surface area contributed by atoms with E-state index in [4.69, 9.17) is 21.6 Å². The van der Waals surface area contributed by atoms with Crippen molar-refractivity contribution in [2.24, 2.45) is 0 Å². The van der Waals surface area contributed by atoms with E-state index in [0.717, 1.165) is 13.1 Å². The van der Waals surface area contributed by atoms with Crippen LogP contribution in [0, 0.1) is 11.3 Å². The fourth-order valence-electron chi connectivity index (χ4n) is 2.44. The van der Waals surface area contributed by atoms with Gasteiger partial charge in [-0.3, -0.25) is 9.69 Å². The first-order valence-corrected chi connectivity index (χ1v) is 7.75. The number of nitrogens with zero attached hydrogens (tertiary/aromatic N) is 3. The lowest BCUT2D eigenvalue weighted by atomic mass is 10.2. The molecular weight excluding hydrogens is 302 g/mol. The molecule has 0 N–H and O–H groups in total. The summed E-state index contributed by atoms with van der Waals surface area (Å²) in [6, 6.07) is 9.39. The van der Waals surface area contributed by atoms with Crippen LogP contribution in [-0.4, -0.2) is 54.5 Å². The predicted molar refractivity (Wildman–Crippen MR) is 84.8 cm³/mol. The van der Waals surface area contributed by atoms with E-state index in [1.165, 1.54) is 0 Å². The summed E-state index contributed by atoms with van der Waals surface area (Å²) in [6.45, 7) is 5.04. The summed E-state index contributed by atoms with van der Waals surface area (Å²) in [4.78, 5) is 16.2. The van der Waals surface area contributed by atoms with Gasteiger partial charge in [0.15, 0.2) is 6.61 Å². The highest BCUT2D eigenvalue weighted by atomic mass is 35.5. The minimum atomic E-state index is -0.0115. The van der Waals surface area contributed by atoms with Crippen molar-refractivity contribution >= 4 is 17.5 Å². The van der Waals surface area contributed by atoms with Crippen molar-refractivity contribution in [2.45, 2.75) is 19.4 Å². The highest BCUT2D eigenvalue weighted by molar-refractivity contribution is 6.30. The summed E-state index contributed by atoms with van der Waals surface area (Å²) in [6.07, 6.45) is 0.521. The van der Waals surface area contributed by atoms with Gasteiger partial charge in [0.05, 0.1) is 12.5 Å². The minimum Gasteiger partial charge on any atom is -0.484 e. The van der Waals surface area contributed by atoms with E-state index in [1.807, 2.05) is 11.8 Å². The van der Waals surface area contributed by atoms with Gasteiger partial charge in [0.2, 0.25) is 0 Å². The van der Waals surface area contributed by atoms with E-state index in [1.54, 1.807) is 24.3 Å². The summed E-state index contributed by atoms with van der Waals surface area (Å²) in [5.74, 6) is 0.626. The summed E-state index contributed by atoms with van der Waals surface area (Å²) >= 11 is 5.80. The van der Waals surface area contributed by atoms with Crippen molar-refractivity contribution in [1.82, 2.24) is 9.80 Å². The van der Waals surface area contributed by atoms with Gasteiger partial charge in [0.25, 0.3) is 5.91 Å². The van der Waals surface area contributed by atoms with Crippen LogP contribution in [0.15, 0.2) is 24.3 Å². The normalized spacial score (nSPS) is 16.9. The minimum absolute atomic E-state index is 0.0115. The Morgan fingerprint density at radius 3 is 2.55 bits per heavy atom. The van der Waals surface area contributed by atoms with E-state index in [9.17, 15) is 4.79 Å². The van der Waals surface area contributed by atoms with Crippen LogP contribution in [0.4, 0.5) is 0 Å². The monoisotopic (exact) mass is 321 g/mol. The average molecular weight is 322 g/mol. The van der Waals surface area contributed by atoms with Gasteiger partial charge in [-0.25, -0.2) is 0 Å². The van der Waals surface area contributed by atoms with E-state index < -0.39 is 0 Å². The van der Waals surface area contributed by atoms with Crippen LogP contribution in [0.3, 0.4) is 0 Å². The number of ether oxygens (including phenoxy) is 1. The van der Waals surface area contributed by atoms with Crippen molar-refractivity contribution in [3.63, 3.8) is 0 Å². The molecule has 1 aliphatic rings. The molecule has 118 valence electrons. The zero-order valence-electron chi connectivity index (χ0n) is 12.7. The molecule has 5 nitrogen and oxygen atoms in total. The maximum absolute atomic E-state index is 12.1. The number of hydrogen-bond acceptors (Lipinski definition) is 4. The zero-order valence-corrected chi connectivity index (χ0v) is 13.4. The lowest BCUT2D eigenvalue weighted by Gasteiger charge is -2.37. The Kier molecular flexibility index (Phi) is 6.05. The predicted octanol–water partition coefficient (Wildman–Crippen LogP) is 2.17. The number of rotatable bonds is 5. The molecule has 6 heteroatoms. The molecule has 0 spiro atoms. The highest BCUT2D eigenvalue weighted by Crippen LogP contribution is 2.16. The molecule has 22 heavy (non-hydrogen) atoms. The van der Waals surface area contributed by atoms with Crippen LogP contribution in [0.1, 0.15) is 13.3 Å². The third kappa shape index (κ3) is 4.62. The fourth-order valence-corrected chi connectivity index (χ4v) is 2.57. The van der Waals surface area contributed by atoms with E-state index in [2.05, 4.69) is 11.0 Å². The maximum Gasteiger partial charge on any atom is 0.260 e. The molecule has 1 saturated heterocycles. The first-order valence-electron chi connectivity index (χ1n) is 7.37. The Morgan fingerprint density at radius 2 is 1.95 bits per heavy atom. The van der Waals surface area contributed by atoms with Gasteiger partial charge >= 0.3 is 0 Å². The third-order valence-corrected chi connectivity index (χ3v) is 4.10. The molecule has 1 atom stereocenters. The first-order chi connectivity index (χ1) is 10.6. The summed E-state index contributed by atoms with van der Waals surface area (Å²) in [5, 5.41) is 9.38. The van der Waals surface area contributed by atoms with E-state index >= 15 is 0 Å². The molecule has 1 fully saturated rings. The quantitative estimate of drug-likeness (QED) is 0.834. The molecule has 0 bridgehead atoms. The Morgan fingerprint density at radius 1 is 1.32 bits per heavy atom. The van der Waals surface area contributed by atoms with Gasteiger partial charge in [-0.15, -0.1) is 0 Å². The maximum atomic E-state index is 12.1. The number of benzene rings is 1. The van der Waals surface area contributed by atoms with Crippen LogP contribution in [0.5, 0.6) is 5.75 Å². The molecule has 1 heterocycles. The second kappa shape index (κ2) is 8.02. The second-order valence-electron chi connectivity index (χ2n) is 5.37. The van der Waals surface area contributed by atoms with Gasteiger partial charge in [0, 0.05) is 37.2 Å². The molecular formula is C16H20ClN3O2. The topological polar surface area (TPSA) is 56.6 Å². The molecule has 0 unspecified atom stereocenters. The number of carbonyl (C=O) groups is 1. The summed E-state index contributed by atoms with van der Waals surface area (Å²) in [5.41, 5.74) is 0. The number of nitriles is 1. The van der Waals surface area contributed by atoms with Crippen LogP contribution >= 0.6 is 11.6 Å². The van der Waals surface area contributed by atoms with Crippen LogP contribution in [0.25, 0.3) is 0 Å². The number of hydrogen-bond donors (Lipinski definition) is 0. The molecule has 2 rings (SSSR count). The van der Waals surface area contributed by atoms with Crippen molar-refractivity contribution in [2.75, 3.05) is 32.8 Å². The van der Waals surface area contributed by atoms with Crippen molar-refractivity contribution in [3.8, 4) is 11.8 Å². The van der Waals surface area contributed by atoms with Crippen molar-refractivity contribution < 1.29 is 9.53 Å². The van der Waals surface area contributed by atoms with Crippen LogP contribution in [-0.2, 0) is 4.79 Å². The van der Waals surface area contributed by atoms with Gasteiger partial charge in [-0.05, 0) is 31.2 Å². The van der Waals surface area contributed by atoms with E-state index in [-0.39, 0.29) is 18.6 Å². The van der Waals surface area contributed by atoms with Gasteiger partial charge in [-0.1, -0.05) is 11.6 Å². The number of carbonyl (C=O) groups excluding carboxylic acids is 1. The molecule has 0 radical (unpaired) electrons. The van der Waals surface area contributed by atoms with Gasteiger partial charge < -0.3 is 9.64 Å². The first kappa shape index (κ1) is 16.6. The molecule has 1 amide bonds. The lowest BCUT2D eigenvalue weighted by Crippen LogP contribution is -2.52. The summed E-state index contributed by atoms with van der Waals surface area (Å²) in [7, 11) is 0. The number of halogens is 1. The Hall–Kier alpha value is -1.77. The van der Waals surface area contributed by atoms with Crippen molar-refractivity contribution in [3.05, 3.63) is 29.3 Å². The smallest absolute Gasteiger partial charge is 0.260 e. The average Bonchev–Trinajstić information content (AvgIpc) is 2.54. The standard InChI is InChI=1S/C16H20ClN3O2/c1-13(6-7-18)19-8-10-20(11-9-19)16(21)12-22-15-4-2-14(17)3-5-15/h2-5,13H,6,8-12H2,1H3/t13-/m0/s1. The highest BCUT2D eigenvalue weighted by Gasteiger charge is 2.24. The van der Waals surface area contributed by atoms with Gasteiger partial charge in [-0.2, -0.15) is 5.26 Å². The molecule has 0 aliphatic carbocycles. The Labute approximate surface area is 136 Å². The lowest BCUT2D eigenvalue weighted by molar-refractivity contribution is -0.135. The van der Waals surface area contributed by atoms with Crippen LogP contribution in [0.2, 0.25) is 5.02 Å². The third-order valence-electron chi connectivity index (χ3n) is 3.85. The molecule has 1 aliphatic heterocycles. The number of piperazine rings is 1.